The van der Waals surface area contributed by atoms with Crippen molar-refractivity contribution in [1.29, 1.82) is 0 Å². The van der Waals surface area contributed by atoms with Gasteiger partial charge in [-0.2, -0.15) is 0 Å². The molecule has 2 aliphatic rings. The van der Waals surface area contributed by atoms with Crippen LogP contribution in [0.25, 0.3) is 0 Å². The van der Waals surface area contributed by atoms with Crippen molar-refractivity contribution in [1.82, 2.24) is 9.80 Å². The largest absolute Gasteiger partial charge is 0.328 e. The van der Waals surface area contributed by atoms with E-state index >= 15 is 0 Å². The van der Waals surface area contributed by atoms with Crippen LogP contribution in [0.4, 0.5) is 0 Å². The minimum Gasteiger partial charge on any atom is -0.328 e. The normalized spacial score (nSPS) is 33.1. The summed E-state index contributed by atoms with van der Waals surface area (Å²) in [6.07, 6.45) is 3.60. The number of fused-ring (bicyclic) bond motifs is 1. The zero-order valence-electron chi connectivity index (χ0n) is 11.8. The molecule has 0 radical (unpaired) electrons. The third-order valence-electron chi connectivity index (χ3n) is 4.83. The van der Waals surface area contributed by atoms with Gasteiger partial charge in [0.25, 0.3) is 0 Å². The summed E-state index contributed by atoms with van der Waals surface area (Å²) < 4.78 is 0. The Balaban J connectivity index is 1.73. The van der Waals surface area contributed by atoms with Crippen molar-refractivity contribution in [3.05, 3.63) is 35.9 Å². The van der Waals surface area contributed by atoms with Crippen LogP contribution >= 0.6 is 0 Å². The summed E-state index contributed by atoms with van der Waals surface area (Å²) in [6, 6.07) is 12.6. The molecular weight excluding hydrogens is 234 g/mol. The van der Waals surface area contributed by atoms with Gasteiger partial charge >= 0.3 is 0 Å². The number of nitrogens with zero attached hydrogens (tertiary/aromatic N) is 2. The van der Waals surface area contributed by atoms with Gasteiger partial charge < -0.3 is 10.6 Å². The number of likely N-dealkylation sites (N-methyl/N-ethyl adjacent to an activating group) is 1. The van der Waals surface area contributed by atoms with Crippen LogP contribution in [0, 0.1) is 0 Å². The maximum Gasteiger partial charge on any atom is 0.0270 e. The standard InChI is InChI=1S/C16H25N3/c1-18-9-10-19(12-13-5-3-2-4-6-13)16-11-14(17)7-8-15(16)18/h2-6,14-16H,7-12,17H2,1H3. The van der Waals surface area contributed by atoms with Crippen LogP contribution in [-0.2, 0) is 6.54 Å². The van der Waals surface area contributed by atoms with Crippen molar-refractivity contribution >= 4 is 0 Å². The second kappa shape index (κ2) is 5.61. The van der Waals surface area contributed by atoms with E-state index in [1.165, 1.54) is 31.5 Å². The monoisotopic (exact) mass is 259 g/mol. The van der Waals surface area contributed by atoms with Gasteiger partial charge in [0.05, 0.1) is 0 Å². The molecule has 3 rings (SSSR count). The second-order valence-corrected chi connectivity index (χ2v) is 6.14. The Hall–Kier alpha value is -0.900. The molecule has 3 unspecified atom stereocenters. The van der Waals surface area contributed by atoms with Crippen LogP contribution in [0.1, 0.15) is 24.8 Å². The average Bonchev–Trinajstić information content (AvgIpc) is 2.43. The van der Waals surface area contributed by atoms with Gasteiger partial charge in [0.15, 0.2) is 0 Å². The second-order valence-electron chi connectivity index (χ2n) is 6.14. The fourth-order valence-corrected chi connectivity index (χ4v) is 3.70. The van der Waals surface area contributed by atoms with Crippen LogP contribution < -0.4 is 5.73 Å². The summed E-state index contributed by atoms with van der Waals surface area (Å²) >= 11 is 0. The van der Waals surface area contributed by atoms with E-state index in [0.717, 1.165) is 13.0 Å². The molecular formula is C16H25N3. The molecule has 2 fully saturated rings. The van der Waals surface area contributed by atoms with Crippen LogP contribution in [0.15, 0.2) is 30.3 Å². The van der Waals surface area contributed by atoms with Crippen LogP contribution in [-0.4, -0.2) is 48.1 Å². The molecule has 0 spiro atoms. The smallest absolute Gasteiger partial charge is 0.0270 e. The SMILES string of the molecule is CN1CCN(Cc2ccccc2)C2CC(N)CCC21. The number of hydrogen-bond donors (Lipinski definition) is 1. The minimum atomic E-state index is 0.394. The number of hydrogen-bond acceptors (Lipinski definition) is 3. The molecule has 1 heterocycles. The van der Waals surface area contributed by atoms with E-state index < -0.39 is 0 Å². The predicted octanol–water partition coefficient (Wildman–Crippen LogP) is 1.68. The Bertz CT molecular complexity index is 406. The summed E-state index contributed by atoms with van der Waals surface area (Å²) in [5.74, 6) is 0. The molecule has 104 valence electrons. The fourth-order valence-electron chi connectivity index (χ4n) is 3.70. The Labute approximate surface area is 116 Å². The lowest BCUT2D eigenvalue weighted by molar-refractivity contribution is 0.000817. The lowest BCUT2D eigenvalue weighted by Gasteiger charge is -2.50. The zero-order chi connectivity index (χ0) is 13.2. The van der Waals surface area contributed by atoms with Crippen molar-refractivity contribution < 1.29 is 0 Å². The third kappa shape index (κ3) is 2.83. The van der Waals surface area contributed by atoms with E-state index in [-0.39, 0.29) is 0 Å². The molecule has 1 saturated heterocycles. The van der Waals surface area contributed by atoms with Gasteiger partial charge in [-0.15, -0.1) is 0 Å². The summed E-state index contributed by atoms with van der Waals surface area (Å²) in [6.45, 7) is 3.42. The molecule has 3 heteroatoms. The van der Waals surface area contributed by atoms with Gasteiger partial charge in [0.1, 0.15) is 0 Å². The first kappa shape index (κ1) is 13.1. The topological polar surface area (TPSA) is 32.5 Å². The van der Waals surface area contributed by atoms with E-state index in [0.29, 0.717) is 18.1 Å². The van der Waals surface area contributed by atoms with Crippen LogP contribution in [0.3, 0.4) is 0 Å². The molecule has 1 aromatic carbocycles. The zero-order valence-corrected chi connectivity index (χ0v) is 11.8. The third-order valence-corrected chi connectivity index (χ3v) is 4.83. The molecule has 0 amide bonds. The lowest BCUT2D eigenvalue weighted by Crippen LogP contribution is -2.61. The summed E-state index contributed by atoms with van der Waals surface area (Å²) in [4.78, 5) is 5.19. The van der Waals surface area contributed by atoms with Crippen molar-refractivity contribution in [2.45, 2.75) is 43.9 Å². The van der Waals surface area contributed by atoms with E-state index in [4.69, 9.17) is 5.73 Å². The summed E-state index contributed by atoms with van der Waals surface area (Å²) in [7, 11) is 2.27. The van der Waals surface area contributed by atoms with Gasteiger partial charge in [-0.25, -0.2) is 0 Å². The lowest BCUT2D eigenvalue weighted by atomic mass is 9.83. The number of nitrogens with two attached hydrogens (primary N) is 1. The van der Waals surface area contributed by atoms with Crippen molar-refractivity contribution in [3.8, 4) is 0 Å². The first-order valence-electron chi connectivity index (χ1n) is 7.48. The van der Waals surface area contributed by atoms with Gasteiger partial charge in [0, 0.05) is 37.8 Å². The highest BCUT2D eigenvalue weighted by Crippen LogP contribution is 2.30. The Morgan fingerprint density at radius 1 is 1.11 bits per heavy atom. The molecule has 1 aromatic rings. The van der Waals surface area contributed by atoms with Crippen LogP contribution in [0.2, 0.25) is 0 Å². The van der Waals surface area contributed by atoms with Gasteiger partial charge in [-0.3, -0.25) is 4.90 Å². The van der Waals surface area contributed by atoms with E-state index in [9.17, 15) is 0 Å². The molecule has 0 aromatic heterocycles. The molecule has 1 saturated carbocycles. The highest BCUT2D eigenvalue weighted by atomic mass is 15.3. The number of piperazine rings is 1. The summed E-state index contributed by atoms with van der Waals surface area (Å²) in [5.41, 5.74) is 7.62. The average molecular weight is 259 g/mol. The quantitative estimate of drug-likeness (QED) is 0.877. The van der Waals surface area contributed by atoms with Crippen molar-refractivity contribution in [3.63, 3.8) is 0 Å². The summed E-state index contributed by atoms with van der Waals surface area (Å²) in [5, 5.41) is 0. The van der Waals surface area contributed by atoms with Crippen LogP contribution in [0.5, 0.6) is 0 Å². The molecule has 2 N–H and O–H groups in total. The highest BCUT2D eigenvalue weighted by molar-refractivity contribution is 5.15. The highest BCUT2D eigenvalue weighted by Gasteiger charge is 2.38. The Morgan fingerprint density at radius 2 is 1.89 bits per heavy atom. The number of rotatable bonds is 2. The predicted molar refractivity (Wildman–Crippen MR) is 78.9 cm³/mol. The van der Waals surface area contributed by atoms with Gasteiger partial charge in [-0.1, -0.05) is 30.3 Å². The number of benzene rings is 1. The van der Waals surface area contributed by atoms with Gasteiger partial charge in [-0.05, 0) is 31.9 Å². The molecule has 19 heavy (non-hydrogen) atoms. The van der Waals surface area contributed by atoms with Crippen molar-refractivity contribution in [2.24, 2.45) is 5.73 Å². The van der Waals surface area contributed by atoms with E-state index in [1.807, 2.05) is 0 Å². The Morgan fingerprint density at radius 3 is 2.68 bits per heavy atom. The fraction of sp³-hybridized carbons (Fsp3) is 0.625. The molecule has 0 bridgehead atoms. The van der Waals surface area contributed by atoms with E-state index in [1.54, 1.807) is 0 Å². The molecule has 3 nitrogen and oxygen atoms in total. The maximum absolute atomic E-state index is 6.20. The van der Waals surface area contributed by atoms with E-state index in [2.05, 4.69) is 47.2 Å². The molecule has 3 atom stereocenters. The first-order chi connectivity index (χ1) is 9.24. The minimum absolute atomic E-state index is 0.394. The molecule has 1 aliphatic heterocycles. The Kier molecular flexibility index (Phi) is 3.87. The molecule has 1 aliphatic carbocycles. The maximum atomic E-state index is 6.20. The first-order valence-corrected chi connectivity index (χ1v) is 7.48. The van der Waals surface area contributed by atoms with Crippen molar-refractivity contribution in [2.75, 3.05) is 20.1 Å². The van der Waals surface area contributed by atoms with Gasteiger partial charge in [0.2, 0.25) is 0 Å².